The van der Waals surface area contributed by atoms with E-state index in [4.69, 9.17) is 0 Å². The lowest BCUT2D eigenvalue weighted by Gasteiger charge is -2.07. The number of hydrogen-bond acceptors (Lipinski definition) is 9. The van der Waals surface area contributed by atoms with Crippen LogP contribution in [0.2, 0.25) is 0 Å². The van der Waals surface area contributed by atoms with Crippen molar-refractivity contribution in [2.45, 2.75) is 4.21 Å². The number of hydrogen-bond donors (Lipinski definition) is 2. The average Bonchev–Trinajstić information content (AvgIpc) is 2.96. The molecule has 134 valence electrons. The van der Waals surface area contributed by atoms with Crippen LogP contribution in [-0.4, -0.2) is 37.6 Å². The Morgan fingerprint density at radius 2 is 1.64 bits per heavy atom. The van der Waals surface area contributed by atoms with Gasteiger partial charge in [0.1, 0.15) is 9.90 Å². The number of thiophene rings is 1. The quantitative estimate of drug-likeness (QED) is 0.400. The first-order chi connectivity index (χ1) is 11.7. The molecule has 12 heteroatoms. The van der Waals surface area contributed by atoms with E-state index in [-0.39, 0.29) is 33.7 Å². The lowest BCUT2D eigenvalue weighted by atomic mass is 10.2. The Bertz CT molecular complexity index is 909. The Kier molecular flexibility index (Phi) is 5.54. The summed E-state index contributed by atoms with van der Waals surface area (Å²) in [5.41, 5.74) is -0.0770. The number of sulfone groups is 1. The second-order valence-electron chi connectivity index (χ2n) is 4.94. The molecule has 0 aliphatic heterocycles. The van der Waals surface area contributed by atoms with Crippen molar-refractivity contribution in [3.05, 3.63) is 50.6 Å². The predicted molar refractivity (Wildman–Crippen MR) is 94.2 cm³/mol. The summed E-state index contributed by atoms with van der Waals surface area (Å²) < 4.78 is 22.9. The van der Waals surface area contributed by atoms with Gasteiger partial charge < -0.3 is 10.6 Å². The highest BCUT2D eigenvalue weighted by atomic mass is 32.2. The van der Waals surface area contributed by atoms with Gasteiger partial charge in [0.25, 0.3) is 5.69 Å². The summed E-state index contributed by atoms with van der Waals surface area (Å²) in [5, 5.41) is 27.7. The van der Waals surface area contributed by atoms with Crippen molar-refractivity contribution in [1.82, 2.24) is 0 Å². The molecule has 10 nitrogen and oxygen atoms in total. The number of rotatable bonds is 8. The van der Waals surface area contributed by atoms with Crippen LogP contribution in [0.1, 0.15) is 0 Å². The Labute approximate surface area is 146 Å². The highest BCUT2D eigenvalue weighted by molar-refractivity contribution is 7.92. The Morgan fingerprint density at radius 1 is 1.04 bits per heavy atom. The van der Waals surface area contributed by atoms with E-state index in [1.165, 1.54) is 6.07 Å². The van der Waals surface area contributed by atoms with Crippen LogP contribution in [-0.2, 0) is 9.84 Å². The summed E-state index contributed by atoms with van der Waals surface area (Å²) in [7, 11) is -3.54. The zero-order valence-electron chi connectivity index (χ0n) is 13.0. The van der Waals surface area contributed by atoms with Crippen molar-refractivity contribution in [2.75, 3.05) is 30.0 Å². The van der Waals surface area contributed by atoms with Gasteiger partial charge >= 0.3 is 5.69 Å². The number of nitro benzene ring substituents is 1. The fraction of sp³-hybridized carbons (Fsp3) is 0.231. The third kappa shape index (κ3) is 4.64. The lowest BCUT2D eigenvalue weighted by Crippen LogP contribution is -2.14. The summed E-state index contributed by atoms with van der Waals surface area (Å²) in [5.74, 6) is 0. The molecule has 0 saturated carbocycles. The SMILES string of the molecule is CS(=O)(=O)c1cc([N+](=O)[O-])c(NCCNc2ccccc2[N+](=O)[O-])s1. The molecule has 0 amide bonds. The molecule has 1 aromatic heterocycles. The predicted octanol–water partition coefficient (Wildman–Crippen LogP) is 2.49. The van der Waals surface area contributed by atoms with Crippen molar-refractivity contribution >= 4 is 43.2 Å². The molecule has 2 aromatic rings. The van der Waals surface area contributed by atoms with Crippen LogP contribution in [0.15, 0.2) is 34.5 Å². The fourth-order valence-corrected chi connectivity index (χ4v) is 3.93. The maximum absolute atomic E-state index is 11.5. The Morgan fingerprint density at radius 3 is 2.24 bits per heavy atom. The normalized spacial score (nSPS) is 11.1. The van der Waals surface area contributed by atoms with Crippen molar-refractivity contribution < 1.29 is 18.3 Å². The molecule has 0 bridgehead atoms. The number of nitrogens with zero attached hydrogens (tertiary/aromatic N) is 2. The second-order valence-corrected chi connectivity index (χ2v) is 8.23. The third-order valence-electron chi connectivity index (χ3n) is 3.08. The smallest absolute Gasteiger partial charge is 0.304 e. The Balaban J connectivity index is 2.04. The molecule has 2 N–H and O–H groups in total. The highest BCUT2D eigenvalue weighted by Crippen LogP contribution is 2.36. The van der Waals surface area contributed by atoms with Crippen LogP contribution in [0.3, 0.4) is 0 Å². The van der Waals surface area contributed by atoms with Gasteiger partial charge in [-0.15, -0.1) is 0 Å². The number of para-hydroxylation sites is 2. The molecule has 0 unspecified atom stereocenters. The van der Waals surface area contributed by atoms with E-state index >= 15 is 0 Å². The maximum atomic E-state index is 11.5. The van der Waals surface area contributed by atoms with Crippen LogP contribution in [0.25, 0.3) is 0 Å². The summed E-state index contributed by atoms with van der Waals surface area (Å²) in [6, 6.07) is 7.11. The largest absolute Gasteiger partial charge is 0.378 e. The summed E-state index contributed by atoms with van der Waals surface area (Å²) in [4.78, 5) is 20.8. The van der Waals surface area contributed by atoms with Gasteiger partial charge in [0.05, 0.1) is 9.85 Å². The van der Waals surface area contributed by atoms with Crippen molar-refractivity contribution in [3.63, 3.8) is 0 Å². The standard InChI is InChI=1S/C13H14N4O6S2/c1-25(22,23)12-8-11(17(20)21)13(24-12)15-7-6-14-9-4-2-3-5-10(9)16(18)19/h2-5,8,14-15H,6-7H2,1H3. The molecule has 0 saturated heterocycles. The van der Waals surface area contributed by atoms with E-state index in [9.17, 15) is 28.6 Å². The van der Waals surface area contributed by atoms with Gasteiger partial charge in [0.2, 0.25) is 0 Å². The third-order valence-corrected chi connectivity index (χ3v) is 5.96. The molecule has 0 radical (unpaired) electrons. The molecular formula is C13H14N4O6S2. The van der Waals surface area contributed by atoms with Crippen LogP contribution in [0, 0.1) is 20.2 Å². The molecule has 0 spiro atoms. The lowest BCUT2D eigenvalue weighted by molar-refractivity contribution is -0.384. The van der Waals surface area contributed by atoms with E-state index in [0.29, 0.717) is 5.69 Å². The van der Waals surface area contributed by atoms with Crippen LogP contribution in [0.5, 0.6) is 0 Å². The Hall–Kier alpha value is -2.73. The molecular weight excluding hydrogens is 372 g/mol. The van der Waals surface area contributed by atoms with Crippen LogP contribution >= 0.6 is 11.3 Å². The van der Waals surface area contributed by atoms with E-state index in [1.807, 2.05) is 0 Å². The summed E-state index contributed by atoms with van der Waals surface area (Å²) in [6.07, 6.45) is 0.975. The zero-order chi connectivity index (χ0) is 18.6. The van der Waals surface area contributed by atoms with Gasteiger partial charge in [-0.05, 0) is 6.07 Å². The van der Waals surface area contributed by atoms with E-state index in [0.717, 1.165) is 23.7 Å². The molecule has 2 rings (SSSR count). The van der Waals surface area contributed by atoms with Crippen molar-refractivity contribution in [2.24, 2.45) is 0 Å². The average molecular weight is 386 g/mol. The van der Waals surface area contributed by atoms with Crippen molar-refractivity contribution in [1.29, 1.82) is 0 Å². The number of anilines is 2. The molecule has 1 heterocycles. The van der Waals surface area contributed by atoms with Gasteiger partial charge in [-0.1, -0.05) is 23.5 Å². The molecule has 0 aliphatic carbocycles. The maximum Gasteiger partial charge on any atom is 0.304 e. The molecule has 0 fully saturated rings. The minimum absolute atomic E-state index is 0.0797. The fourth-order valence-electron chi connectivity index (χ4n) is 1.96. The minimum atomic E-state index is -3.54. The van der Waals surface area contributed by atoms with E-state index in [1.54, 1.807) is 18.2 Å². The number of nitro groups is 2. The van der Waals surface area contributed by atoms with Gasteiger partial charge in [0.15, 0.2) is 14.8 Å². The topological polar surface area (TPSA) is 144 Å². The number of benzene rings is 1. The zero-order valence-corrected chi connectivity index (χ0v) is 14.6. The van der Waals surface area contributed by atoms with Gasteiger partial charge in [0, 0.05) is 31.5 Å². The first-order valence-corrected chi connectivity index (χ1v) is 9.60. The van der Waals surface area contributed by atoms with Crippen LogP contribution in [0.4, 0.5) is 22.1 Å². The van der Waals surface area contributed by atoms with E-state index in [2.05, 4.69) is 10.6 Å². The molecule has 0 atom stereocenters. The molecule has 0 aliphatic rings. The van der Waals surface area contributed by atoms with Crippen LogP contribution < -0.4 is 10.6 Å². The first kappa shape index (κ1) is 18.6. The minimum Gasteiger partial charge on any atom is -0.378 e. The monoisotopic (exact) mass is 386 g/mol. The summed E-state index contributed by atoms with van der Waals surface area (Å²) >= 11 is 0.772. The highest BCUT2D eigenvalue weighted by Gasteiger charge is 2.23. The van der Waals surface area contributed by atoms with E-state index < -0.39 is 19.7 Å². The summed E-state index contributed by atoms with van der Waals surface area (Å²) in [6.45, 7) is 0.449. The van der Waals surface area contributed by atoms with Crippen molar-refractivity contribution in [3.8, 4) is 0 Å². The van der Waals surface area contributed by atoms with Gasteiger partial charge in [-0.25, -0.2) is 8.42 Å². The number of nitrogens with one attached hydrogen (secondary N) is 2. The second kappa shape index (κ2) is 7.44. The van der Waals surface area contributed by atoms with Gasteiger partial charge in [-0.3, -0.25) is 20.2 Å². The molecule has 25 heavy (non-hydrogen) atoms. The molecule has 1 aromatic carbocycles. The van der Waals surface area contributed by atoms with Gasteiger partial charge in [-0.2, -0.15) is 0 Å². The first-order valence-electron chi connectivity index (χ1n) is 6.89.